The number of rotatable bonds is 5. The SMILES string of the molecule is CC(=O)O.NC1=NN=C(N2CCC(N3C[C@H](Cn4cccn4)OC[C@@H]3Cc3ccc(Cl)cc3)CC2)C1. The number of carboxylic acid groups (broad SMARTS) is 1. The molecule has 2 saturated heterocycles. The van der Waals surface area contributed by atoms with Gasteiger partial charge in [0.05, 0.1) is 25.7 Å². The van der Waals surface area contributed by atoms with E-state index >= 15 is 0 Å². The summed E-state index contributed by atoms with van der Waals surface area (Å²) in [7, 11) is 0. The molecule has 3 aliphatic heterocycles. The second kappa shape index (κ2) is 12.3. The standard InChI is InChI=1S/C23H30ClN7O.C2H4O2/c24-18-4-2-17(3-5-18)12-20-16-32-21(14-30-9-1-8-26-30)15-31(20)19-6-10-29(11-7-19)23-13-22(25)27-28-23;1-2(3)4/h1-5,8-9,19-21H,6-7,10-16H2,(H2,25,27);1H3,(H,3,4)/t20-,21-;/m0./s1. The Hall–Kier alpha value is -2.95. The van der Waals surface area contributed by atoms with E-state index in [9.17, 15) is 0 Å². The number of amidine groups is 2. The van der Waals surface area contributed by atoms with Crippen LogP contribution >= 0.6 is 11.6 Å². The molecule has 0 unspecified atom stereocenters. The normalized spacial score (nSPS) is 23.0. The minimum absolute atomic E-state index is 0.141. The van der Waals surface area contributed by atoms with Crippen LogP contribution in [-0.4, -0.2) is 86.8 Å². The van der Waals surface area contributed by atoms with Crippen LogP contribution in [-0.2, 0) is 22.5 Å². The zero-order valence-corrected chi connectivity index (χ0v) is 21.3. The number of ether oxygens (including phenoxy) is 1. The van der Waals surface area contributed by atoms with Crippen molar-refractivity contribution in [2.24, 2.45) is 15.9 Å². The average molecular weight is 516 g/mol. The van der Waals surface area contributed by atoms with Gasteiger partial charge in [-0.2, -0.15) is 5.10 Å². The molecular weight excluding hydrogens is 482 g/mol. The summed E-state index contributed by atoms with van der Waals surface area (Å²) in [5, 5.41) is 20.8. The van der Waals surface area contributed by atoms with Crippen LogP contribution < -0.4 is 5.73 Å². The summed E-state index contributed by atoms with van der Waals surface area (Å²) < 4.78 is 8.27. The first-order valence-corrected chi connectivity index (χ1v) is 12.7. The Kier molecular flexibility index (Phi) is 8.95. The number of carbonyl (C=O) groups is 1. The van der Waals surface area contributed by atoms with Crippen molar-refractivity contribution >= 4 is 29.2 Å². The first kappa shape index (κ1) is 26.1. The third-order valence-electron chi connectivity index (χ3n) is 6.67. The van der Waals surface area contributed by atoms with Gasteiger partial charge in [-0.1, -0.05) is 23.7 Å². The monoisotopic (exact) mass is 515 g/mol. The van der Waals surface area contributed by atoms with Crippen molar-refractivity contribution in [3.8, 4) is 0 Å². The molecule has 10 nitrogen and oxygen atoms in total. The van der Waals surface area contributed by atoms with Crippen LogP contribution in [0.15, 0.2) is 52.9 Å². The first-order chi connectivity index (χ1) is 17.4. The van der Waals surface area contributed by atoms with Gasteiger partial charge in [-0.3, -0.25) is 14.4 Å². The zero-order valence-electron chi connectivity index (χ0n) is 20.5. The molecule has 3 aliphatic rings. The zero-order chi connectivity index (χ0) is 25.5. The van der Waals surface area contributed by atoms with E-state index in [-0.39, 0.29) is 6.10 Å². The van der Waals surface area contributed by atoms with Crippen molar-refractivity contribution in [3.63, 3.8) is 0 Å². The predicted octanol–water partition coefficient (Wildman–Crippen LogP) is 2.48. The number of aliphatic carboxylic acids is 1. The lowest BCUT2D eigenvalue weighted by Gasteiger charge is -2.47. The molecule has 3 N–H and O–H groups in total. The van der Waals surface area contributed by atoms with Gasteiger partial charge in [0.25, 0.3) is 5.97 Å². The molecule has 2 fully saturated rings. The van der Waals surface area contributed by atoms with E-state index < -0.39 is 5.97 Å². The molecule has 1 aromatic heterocycles. The Morgan fingerprint density at radius 2 is 1.94 bits per heavy atom. The number of halogens is 1. The minimum atomic E-state index is -0.833. The highest BCUT2D eigenvalue weighted by molar-refractivity contribution is 6.30. The molecule has 36 heavy (non-hydrogen) atoms. The maximum absolute atomic E-state index is 9.00. The van der Waals surface area contributed by atoms with Crippen LogP contribution in [0, 0.1) is 0 Å². The number of carboxylic acids is 1. The summed E-state index contributed by atoms with van der Waals surface area (Å²) in [5.41, 5.74) is 7.11. The Labute approximate surface area is 216 Å². The maximum atomic E-state index is 9.00. The number of nitrogens with zero attached hydrogens (tertiary/aromatic N) is 6. The second-order valence-corrected chi connectivity index (χ2v) is 9.82. The number of hydrogen-bond donors (Lipinski definition) is 2. The Morgan fingerprint density at radius 3 is 2.56 bits per heavy atom. The quantitative estimate of drug-likeness (QED) is 0.627. The summed E-state index contributed by atoms with van der Waals surface area (Å²) >= 11 is 6.09. The average Bonchev–Trinajstić information content (AvgIpc) is 3.53. The van der Waals surface area contributed by atoms with Crippen LogP contribution in [0.4, 0.5) is 0 Å². The van der Waals surface area contributed by atoms with Gasteiger partial charge < -0.3 is 20.5 Å². The van der Waals surface area contributed by atoms with E-state index in [1.807, 2.05) is 35.3 Å². The molecule has 0 bridgehead atoms. The van der Waals surface area contributed by atoms with E-state index in [4.69, 9.17) is 32.0 Å². The van der Waals surface area contributed by atoms with Gasteiger partial charge >= 0.3 is 0 Å². The number of benzene rings is 1. The van der Waals surface area contributed by atoms with E-state index in [0.29, 0.717) is 24.3 Å². The predicted molar refractivity (Wildman–Crippen MR) is 139 cm³/mol. The van der Waals surface area contributed by atoms with Crippen molar-refractivity contribution < 1.29 is 14.6 Å². The van der Waals surface area contributed by atoms with E-state index in [1.54, 1.807) is 0 Å². The highest BCUT2D eigenvalue weighted by Crippen LogP contribution is 2.26. The van der Waals surface area contributed by atoms with Gasteiger partial charge in [-0.25, -0.2) is 0 Å². The van der Waals surface area contributed by atoms with Crippen molar-refractivity contribution in [1.29, 1.82) is 0 Å². The fourth-order valence-corrected chi connectivity index (χ4v) is 5.13. The molecule has 4 heterocycles. The molecular formula is C25H34ClN7O3. The lowest BCUT2D eigenvalue weighted by Crippen LogP contribution is -2.58. The number of morpholine rings is 1. The van der Waals surface area contributed by atoms with Crippen LogP contribution in [0.25, 0.3) is 0 Å². The van der Waals surface area contributed by atoms with Gasteiger partial charge in [0.2, 0.25) is 0 Å². The highest BCUT2D eigenvalue weighted by Gasteiger charge is 2.36. The van der Waals surface area contributed by atoms with Crippen molar-refractivity contribution in [1.82, 2.24) is 19.6 Å². The minimum Gasteiger partial charge on any atom is -0.481 e. The molecule has 0 spiro atoms. The number of piperidine rings is 1. The number of nitrogens with two attached hydrogens (primary N) is 1. The van der Waals surface area contributed by atoms with Crippen molar-refractivity contribution in [2.45, 2.75) is 57.3 Å². The van der Waals surface area contributed by atoms with Gasteiger partial charge in [0.1, 0.15) is 11.7 Å². The molecule has 2 aromatic rings. The van der Waals surface area contributed by atoms with Crippen LogP contribution in [0.2, 0.25) is 5.02 Å². The van der Waals surface area contributed by atoms with E-state index in [0.717, 1.165) is 69.8 Å². The number of aromatic nitrogens is 2. The van der Waals surface area contributed by atoms with Crippen LogP contribution in [0.5, 0.6) is 0 Å². The molecule has 0 aliphatic carbocycles. The van der Waals surface area contributed by atoms with Crippen molar-refractivity contribution in [3.05, 3.63) is 53.3 Å². The second-order valence-electron chi connectivity index (χ2n) is 9.39. The summed E-state index contributed by atoms with van der Waals surface area (Å²) in [6.45, 7) is 5.48. The Morgan fingerprint density at radius 1 is 1.22 bits per heavy atom. The van der Waals surface area contributed by atoms with Crippen molar-refractivity contribution in [2.75, 3.05) is 26.2 Å². The largest absolute Gasteiger partial charge is 0.481 e. The van der Waals surface area contributed by atoms with Crippen LogP contribution in [0.1, 0.15) is 31.7 Å². The van der Waals surface area contributed by atoms with Crippen LogP contribution in [0.3, 0.4) is 0 Å². The lowest BCUT2D eigenvalue weighted by atomic mass is 9.96. The molecule has 194 valence electrons. The molecule has 0 radical (unpaired) electrons. The maximum Gasteiger partial charge on any atom is 0.300 e. The number of likely N-dealkylation sites (tertiary alicyclic amines) is 1. The smallest absolute Gasteiger partial charge is 0.300 e. The fraction of sp³-hybridized carbons (Fsp3) is 0.520. The summed E-state index contributed by atoms with van der Waals surface area (Å²) in [5.74, 6) is 0.789. The Bertz CT molecular complexity index is 1050. The lowest BCUT2D eigenvalue weighted by molar-refractivity contribution is -0.134. The highest BCUT2D eigenvalue weighted by atomic mass is 35.5. The summed E-state index contributed by atoms with van der Waals surface area (Å²) in [6, 6.07) is 11.0. The molecule has 0 saturated carbocycles. The Balaban J connectivity index is 0.000000709. The van der Waals surface area contributed by atoms with Gasteiger partial charge in [0, 0.05) is 56.1 Å². The third-order valence-corrected chi connectivity index (χ3v) is 6.93. The molecule has 11 heteroatoms. The molecule has 0 amide bonds. The summed E-state index contributed by atoms with van der Waals surface area (Å²) in [6.07, 6.45) is 7.80. The third kappa shape index (κ3) is 7.28. The molecule has 2 atom stereocenters. The topological polar surface area (TPSA) is 122 Å². The number of hydrogen-bond acceptors (Lipinski definition) is 8. The van der Waals surface area contributed by atoms with E-state index in [1.165, 1.54) is 5.56 Å². The molecule has 5 rings (SSSR count). The first-order valence-electron chi connectivity index (χ1n) is 12.3. The van der Waals surface area contributed by atoms with Gasteiger partial charge in [-0.15, -0.1) is 10.2 Å². The molecule has 1 aromatic carbocycles. The summed E-state index contributed by atoms with van der Waals surface area (Å²) in [4.78, 5) is 14.0. The van der Waals surface area contributed by atoms with Gasteiger partial charge in [-0.05, 0) is 43.0 Å². The van der Waals surface area contributed by atoms with E-state index in [2.05, 4.69) is 37.2 Å². The van der Waals surface area contributed by atoms with Gasteiger partial charge in [0.15, 0.2) is 0 Å². The fourth-order valence-electron chi connectivity index (χ4n) is 5.01.